The van der Waals surface area contributed by atoms with Crippen molar-refractivity contribution >= 4 is 34.7 Å². The molecule has 0 aliphatic carbocycles. The first-order valence-corrected chi connectivity index (χ1v) is 7.60. The number of halogens is 5. The van der Waals surface area contributed by atoms with Gasteiger partial charge in [-0.1, -0.05) is 29.3 Å². The average Bonchev–Trinajstić information content (AvgIpc) is 2.45. The summed E-state index contributed by atoms with van der Waals surface area (Å²) in [6.45, 7) is 1.98. The molecule has 1 aromatic carbocycles. The molecule has 2 rings (SSSR count). The van der Waals surface area contributed by atoms with E-state index in [1.165, 1.54) is 12.4 Å². The number of alkyl halides is 3. The van der Waals surface area contributed by atoms with Gasteiger partial charge in [-0.3, -0.25) is 0 Å². The van der Waals surface area contributed by atoms with E-state index in [0.29, 0.717) is 16.5 Å². The molecule has 0 aliphatic rings. The highest BCUT2D eigenvalue weighted by atomic mass is 35.5. The molecule has 23 heavy (non-hydrogen) atoms. The third kappa shape index (κ3) is 5.25. The van der Waals surface area contributed by atoms with Crippen LogP contribution in [0.2, 0.25) is 10.2 Å². The fraction of sp³-hybridized carbons (Fsp3) is 0.333. The van der Waals surface area contributed by atoms with Crippen molar-refractivity contribution in [3.05, 3.63) is 46.3 Å². The predicted octanol–water partition coefficient (Wildman–Crippen LogP) is 5.57. The van der Waals surface area contributed by atoms with Crippen LogP contribution in [0.15, 0.2) is 30.6 Å². The van der Waals surface area contributed by atoms with Gasteiger partial charge in [0.25, 0.3) is 0 Å². The minimum atomic E-state index is -4.20. The lowest BCUT2D eigenvalue weighted by Gasteiger charge is -2.25. The number of aryl methyl sites for hydroxylation is 1. The molecule has 0 bridgehead atoms. The summed E-state index contributed by atoms with van der Waals surface area (Å²) in [6.07, 6.45) is -3.91. The van der Waals surface area contributed by atoms with Crippen molar-refractivity contribution in [3.8, 4) is 0 Å². The summed E-state index contributed by atoms with van der Waals surface area (Å²) in [5.74, 6) is 0.402. The third-order valence-corrected chi connectivity index (χ3v) is 3.66. The number of benzene rings is 1. The standard InChI is InChI=1S/C15H14Cl2F3N3/c1-10-3-4-11(16)12(7-10)23(6-2-5-15(18,19)20)14-8-13(17)21-9-22-14/h3-4,7-9H,2,5-6H2,1H3. The van der Waals surface area contributed by atoms with Crippen LogP contribution in [0.1, 0.15) is 18.4 Å². The number of anilines is 2. The second-order valence-electron chi connectivity index (χ2n) is 5.02. The Morgan fingerprint density at radius 1 is 1.13 bits per heavy atom. The Balaban J connectivity index is 2.33. The molecule has 8 heteroatoms. The molecule has 3 nitrogen and oxygen atoms in total. The molecule has 0 amide bonds. The van der Waals surface area contributed by atoms with Crippen LogP contribution in [0.25, 0.3) is 0 Å². The highest BCUT2D eigenvalue weighted by Crippen LogP contribution is 2.33. The molecular formula is C15H14Cl2F3N3. The molecule has 124 valence electrons. The molecule has 0 aliphatic heterocycles. The summed E-state index contributed by atoms with van der Waals surface area (Å²) in [4.78, 5) is 9.50. The monoisotopic (exact) mass is 363 g/mol. The van der Waals surface area contributed by atoms with Gasteiger partial charge in [0.05, 0.1) is 10.7 Å². The Morgan fingerprint density at radius 2 is 1.87 bits per heavy atom. The van der Waals surface area contributed by atoms with E-state index < -0.39 is 12.6 Å². The molecule has 2 aromatic rings. The predicted molar refractivity (Wildman–Crippen MR) is 85.5 cm³/mol. The van der Waals surface area contributed by atoms with Crippen molar-refractivity contribution in [2.75, 3.05) is 11.4 Å². The van der Waals surface area contributed by atoms with E-state index in [4.69, 9.17) is 23.2 Å². The first-order valence-electron chi connectivity index (χ1n) is 6.84. The average molecular weight is 364 g/mol. The summed E-state index contributed by atoms with van der Waals surface area (Å²) in [5, 5.41) is 0.636. The number of rotatable bonds is 5. The van der Waals surface area contributed by atoms with Crippen LogP contribution in [0.3, 0.4) is 0 Å². The van der Waals surface area contributed by atoms with Gasteiger partial charge in [-0.15, -0.1) is 0 Å². The van der Waals surface area contributed by atoms with E-state index in [9.17, 15) is 13.2 Å². The second-order valence-corrected chi connectivity index (χ2v) is 5.82. The zero-order chi connectivity index (χ0) is 17.0. The molecule has 0 saturated heterocycles. The molecular weight excluding hydrogens is 350 g/mol. The Hall–Kier alpha value is -1.53. The first-order chi connectivity index (χ1) is 10.8. The topological polar surface area (TPSA) is 29.0 Å². The van der Waals surface area contributed by atoms with E-state index in [1.807, 2.05) is 13.0 Å². The molecule has 1 aromatic heterocycles. The van der Waals surface area contributed by atoms with Crippen molar-refractivity contribution in [1.29, 1.82) is 0 Å². The molecule has 0 unspecified atom stereocenters. The van der Waals surface area contributed by atoms with E-state index in [2.05, 4.69) is 9.97 Å². The molecule has 0 atom stereocenters. The van der Waals surface area contributed by atoms with Gasteiger partial charge >= 0.3 is 6.18 Å². The van der Waals surface area contributed by atoms with Crippen molar-refractivity contribution in [1.82, 2.24) is 9.97 Å². The van der Waals surface area contributed by atoms with E-state index >= 15 is 0 Å². The highest BCUT2D eigenvalue weighted by molar-refractivity contribution is 6.33. The smallest absolute Gasteiger partial charge is 0.325 e. The number of aromatic nitrogens is 2. The van der Waals surface area contributed by atoms with Crippen LogP contribution in [0, 0.1) is 6.92 Å². The zero-order valence-corrected chi connectivity index (χ0v) is 13.8. The lowest BCUT2D eigenvalue weighted by molar-refractivity contribution is -0.134. The normalized spacial score (nSPS) is 11.6. The van der Waals surface area contributed by atoms with Crippen molar-refractivity contribution < 1.29 is 13.2 Å². The summed E-state index contributed by atoms with van der Waals surface area (Å²) in [7, 11) is 0. The summed E-state index contributed by atoms with van der Waals surface area (Å²) in [5.41, 5.74) is 1.52. The molecule has 0 fully saturated rings. The van der Waals surface area contributed by atoms with Crippen LogP contribution in [0.4, 0.5) is 24.7 Å². The summed E-state index contributed by atoms with van der Waals surface area (Å²) in [6, 6.07) is 6.82. The van der Waals surface area contributed by atoms with Gasteiger partial charge in [0.2, 0.25) is 0 Å². The second kappa shape index (κ2) is 7.36. The largest absolute Gasteiger partial charge is 0.389 e. The van der Waals surface area contributed by atoms with Crippen LogP contribution in [-0.2, 0) is 0 Å². The first kappa shape index (κ1) is 17.8. The minimum Gasteiger partial charge on any atom is -0.325 e. The number of nitrogens with zero attached hydrogens (tertiary/aromatic N) is 3. The fourth-order valence-corrected chi connectivity index (χ4v) is 2.46. The van der Waals surface area contributed by atoms with E-state index in [-0.39, 0.29) is 18.1 Å². The Labute approximate surface area is 142 Å². The van der Waals surface area contributed by atoms with Gasteiger partial charge in [0, 0.05) is 19.0 Å². The molecule has 1 heterocycles. The summed E-state index contributed by atoms with van der Waals surface area (Å²) < 4.78 is 37.3. The van der Waals surface area contributed by atoms with Crippen LogP contribution in [-0.4, -0.2) is 22.7 Å². The Bertz CT molecular complexity index is 677. The minimum absolute atomic E-state index is 0.0879. The van der Waals surface area contributed by atoms with E-state index in [1.54, 1.807) is 17.0 Å². The number of hydrogen-bond acceptors (Lipinski definition) is 3. The maximum Gasteiger partial charge on any atom is 0.389 e. The SMILES string of the molecule is Cc1ccc(Cl)c(N(CCCC(F)(F)F)c2cc(Cl)ncn2)c1. The van der Waals surface area contributed by atoms with Crippen LogP contribution < -0.4 is 4.90 Å². The van der Waals surface area contributed by atoms with Crippen molar-refractivity contribution in [2.24, 2.45) is 0 Å². The highest BCUT2D eigenvalue weighted by Gasteiger charge is 2.27. The summed E-state index contributed by atoms with van der Waals surface area (Å²) >= 11 is 12.1. The van der Waals surface area contributed by atoms with Crippen LogP contribution >= 0.6 is 23.2 Å². The van der Waals surface area contributed by atoms with Gasteiger partial charge in [0.1, 0.15) is 17.3 Å². The quantitative estimate of drug-likeness (QED) is 0.650. The Morgan fingerprint density at radius 3 is 2.52 bits per heavy atom. The molecule has 0 N–H and O–H groups in total. The maximum atomic E-state index is 12.4. The van der Waals surface area contributed by atoms with E-state index in [0.717, 1.165) is 5.56 Å². The molecule has 0 spiro atoms. The molecule has 0 radical (unpaired) electrons. The lowest BCUT2D eigenvalue weighted by atomic mass is 10.2. The fourth-order valence-electron chi connectivity index (χ4n) is 2.10. The Kier molecular flexibility index (Phi) is 5.70. The number of hydrogen-bond donors (Lipinski definition) is 0. The van der Waals surface area contributed by atoms with Gasteiger partial charge in [-0.05, 0) is 31.0 Å². The zero-order valence-electron chi connectivity index (χ0n) is 12.2. The maximum absolute atomic E-state index is 12.4. The third-order valence-electron chi connectivity index (χ3n) is 3.13. The van der Waals surface area contributed by atoms with Gasteiger partial charge < -0.3 is 4.90 Å². The van der Waals surface area contributed by atoms with Gasteiger partial charge in [-0.2, -0.15) is 13.2 Å². The van der Waals surface area contributed by atoms with Gasteiger partial charge in [0.15, 0.2) is 0 Å². The van der Waals surface area contributed by atoms with Crippen LogP contribution in [0.5, 0.6) is 0 Å². The van der Waals surface area contributed by atoms with Crippen molar-refractivity contribution in [3.63, 3.8) is 0 Å². The van der Waals surface area contributed by atoms with Gasteiger partial charge in [-0.25, -0.2) is 9.97 Å². The lowest BCUT2D eigenvalue weighted by Crippen LogP contribution is -2.22. The van der Waals surface area contributed by atoms with Crippen molar-refractivity contribution in [2.45, 2.75) is 25.9 Å². The molecule has 0 saturated carbocycles.